The van der Waals surface area contributed by atoms with Crippen molar-refractivity contribution in [2.75, 3.05) is 14.2 Å². The van der Waals surface area contributed by atoms with Crippen LogP contribution in [0.2, 0.25) is 0 Å². The quantitative estimate of drug-likeness (QED) is 0.591. The molecule has 2 N–H and O–H groups in total. The van der Waals surface area contributed by atoms with Crippen LogP contribution >= 0.6 is 22.6 Å². The molecule has 0 aliphatic carbocycles. The van der Waals surface area contributed by atoms with Crippen LogP contribution in [0.5, 0.6) is 11.5 Å². The molecule has 0 amide bonds. The van der Waals surface area contributed by atoms with E-state index < -0.39 is 5.97 Å². The molecule has 0 saturated heterocycles. The van der Waals surface area contributed by atoms with Gasteiger partial charge >= 0.3 is 5.97 Å². The van der Waals surface area contributed by atoms with Crippen molar-refractivity contribution in [3.8, 4) is 22.8 Å². The third-order valence-electron chi connectivity index (χ3n) is 3.87. The molecule has 1 heterocycles. The number of ether oxygens (including phenoxy) is 2. The summed E-state index contributed by atoms with van der Waals surface area (Å²) in [4.78, 5) is 14.7. The lowest BCUT2D eigenvalue weighted by Gasteiger charge is -2.10. The highest BCUT2D eigenvalue weighted by molar-refractivity contribution is 14.1. The van der Waals surface area contributed by atoms with Crippen LogP contribution in [-0.2, 0) is 11.2 Å². The highest BCUT2D eigenvalue weighted by Gasteiger charge is 2.17. The predicted octanol–water partition coefficient (Wildman–Crippen LogP) is 4.08. The molecule has 24 heavy (non-hydrogen) atoms. The van der Waals surface area contributed by atoms with E-state index >= 15 is 0 Å². The molecule has 3 aromatic rings. The molecule has 0 spiro atoms. The summed E-state index contributed by atoms with van der Waals surface area (Å²) in [7, 11) is 3.16. The number of benzene rings is 2. The number of methoxy groups -OCH3 is 2. The first kappa shape index (κ1) is 16.6. The van der Waals surface area contributed by atoms with Crippen LogP contribution in [0.4, 0.5) is 0 Å². The summed E-state index contributed by atoms with van der Waals surface area (Å²) in [6.07, 6.45) is -0.0518. The second-order valence-corrected chi connectivity index (χ2v) is 6.55. The summed E-state index contributed by atoms with van der Waals surface area (Å²) < 4.78 is 11.7. The van der Waals surface area contributed by atoms with Gasteiger partial charge in [-0.2, -0.15) is 0 Å². The van der Waals surface area contributed by atoms with Gasteiger partial charge in [0.2, 0.25) is 0 Å². The molecule has 5 nitrogen and oxygen atoms in total. The number of hydrogen-bond acceptors (Lipinski definition) is 3. The smallest absolute Gasteiger partial charge is 0.307 e. The predicted molar refractivity (Wildman–Crippen MR) is 101 cm³/mol. The average Bonchev–Trinajstić information content (AvgIpc) is 2.91. The summed E-state index contributed by atoms with van der Waals surface area (Å²) in [5.74, 6) is 0.368. The summed E-state index contributed by atoms with van der Waals surface area (Å²) >= 11 is 2.22. The Morgan fingerprint density at radius 1 is 1.12 bits per heavy atom. The highest BCUT2D eigenvalue weighted by Crippen LogP contribution is 2.36. The Morgan fingerprint density at radius 3 is 2.54 bits per heavy atom. The van der Waals surface area contributed by atoms with E-state index in [0.717, 1.165) is 31.3 Å². The number of rotatable bonds is 5. The second kappa shape index (κ2) is 6.72. The van der Waals surface area contributed by atoms with Gasteiger partial charge in [-0.3, -0.25) is 4.79 Å². The fraction of sp³-hybridized carbons (Fsp3) is 0.167. The molecule has 0 aliphatic rings. The first-order chi connectivity index (χ1) is 11.5. The zero-order valence-electron chi connectivity index (χ0n) is 13.2. The minimum Gasteiger partial charge on any atom is -0.493 e. The molecule has 0 aliphatic heterocycles. The summed E-state index contributed by atoms with van der Waals surface area (Å²) in [6, 6.07) is 11.5. The van der Waals surface area contributed by atoms with Crippen LogP contribution in [-0.4, -0.2) is 30.3 Å². The van der Waals surface area contributed by atoms with Crippen LogP contribution in [0.1, 0.15) is 5.56 Å². The van der Waals surface area contributed by atoms with Gasteiger partial charge in [-0.1, -0.05) is 0 Å². The Balaban J connectivity index is 2.23. The highest BCUT2D eigenvalue weighted by atomic mass is 127. The monoisotopic (exact) mass is 437 g/mol. The van der Waals surface area contributed by atoms with Gasteiger partial charge in [0, 0.05) is 20.0 Å². The maximum absolute atomic E-state index is 11.3. The number of hydrogen-bond donors (Lipinski definition) is 2. The van der Waals surface area contributed by atoms with Crippen LogP contribution < -0.4 is 9.47 Å². The Kier molecular flexibility index (Phi) is 4.66. The molecular formula is C18H16INO4. The number of nitrogens with one attached hydrogen (secondary N) is 1. The van der Waals surface area contributed by atoms with Gasteiger partial charge in [-0.25, -0.2) is 0 Å². The molecule has 124 valence electrons. The number of fused-ring (bicyclic) bond motifs is 1. The summed E-state index contributed by atoms with van der Waals surface area (Å²) in [6.45, 7) is 0. The van der Waals surface area contributed by atoms with Crippen LogP contribution in [0.25, 0.3) is 22.2 Å². The minimum atomic E-state index is -0.864. The van der Waals surface area contributed by atoms with Crippen molar-refractivity contribution in [2.45, 2.75) is 6.42 Å². The molecule has 1 aromatic heterocycles. The number of aliphatic carboxylic acids is 1. The zero-order valence-corrected chi connectivity index (χ0v) is 15.4. The summed E-state index contributed by atoms with van der Waals surface area (Å²) in [5.41, 5.74) is 3.32. The fourth-order valence-corrected chi connectivity index (χ4v) is 3.28. The number of carboxylic acid groups (broad SMARTS) is 1. The first-order valence-corrected chi connectivity index (χ1v) is 8.35. The van der Waals surface area contributed by atoms with Gasteiger partial charge in [0.25, 0.3) is 0 Å². The zero-order chi connectivity index (χ0) is 17.3. The molecule has 0 saturated carbocycles. The Morgan fingerprint density at radius 2 is 1.88 bits per heavy atom. The van der Waals surface area contributed by atoms with Crippen molar-refractivity contribution in [1.29, 1.82) is 0 Å². The SMILES string of the molecule is COc1ccc(-c2[nH]c3ccc(I)cc3c2CC(=O)O)cc1OC. The molecule has 3 rings (SSSR count). The van der Waals surface area contributed by atoms with Gasteiger partial charge in [0.15, 0.2) is 11.5 Å². The van der Waals surface area contributed by atoms with E-state index in [-0.39, 0.29) is 6.42 Å². The average molecular weight is 437 g/mol. The first-order valence-electron chi connectivity index (χ1n) is 7.27. The number of carbonyl (C=O) groups is 1. The van der Waals surface area contributed by atoms with Crippen molar-refractivity contribution in [1.82, 2.24) is 4.98 Å². The third-order valence-corrected chi connectivity index (χ3v) is 4.54. The normalized spacial score (nSPS) is 10.8. The molecule has 6 heteroatoms. The van der Waals surface area contributed by atoms with Crippen molar-refractivity contribution in [3.63, 3.8) is 0 Å². The lowest BCUT2D eigenvalue weighted by Crippen LogP contribution is -2.01. The Bertz CT molecular complexity index is 917. The van der Waals surface area contributed by atoms with E-state index in [1.54, 1.807) is 14.2 Å². The van der Waals surface area contributed by atoms with Crippen LogP contribution in [0, 0.1) is 3.57 Å². The maximum Gasteiger partial charge on any atom is 0.307 e. The molecule has 0 fully saturated rings. The number of halogens is 1. The van der Waals surface area contributed by atoms with Crippen LogP contribution in [0.3, 0.4) is 0 Å². The van der Waals surface area contributed by atoms with E-state index in [0.29, 0.717) is 11.5 Å². The summed E-state index contributed by atoms with van der Waals surface area (Å²) in [5, 5.41) is 10.2. The lowest BCUT2D eigenvalue weighted by atomic mass is 10.0. The fourth-order valence-electron chi connectivity index (χ4n) is 2.79. The lowest BCUT2D eigenvalue weighted by molar-refractivity contribution is -0.136. The molecule has 0 bridgehead atoms. The van der Waals surface area contributed by atoms with Crippen LogP contribution in [0.15, 0.2) is 36.4 Å². The van der Waals surface area contributed by atoms with Crippen molar-refractivity contribution in [3.05, 3.63) is 45.5 Å². The minimum absolute atomic E-state index is 0.0518. The number of carboxylic acids is 1. The molecule has 0 radical (unpaired) electrons. The van der Waals surface area contributed by atoms with Gasteiger partial charge in [0.05, 0.1) is 26.3 Å². The van der Waals surface area contributed by atoms with E-state index in [1.165, 1.54) is 0 Å². The second-order valence-electron chi connectivity index (χ2n) is 5.31. The molecule has 2 aromatic carbocycles. The number of H-pyrrole nitrogens is 1. The third kappa shape index (κ3) is 3.06. The Hall–Kier alpha value is -2.22. The molecule has 0 unspecified atom stereocenters. The molecular weight excluding hydrogens is 421 g/mol. The van der Waals surface area contributed by atoms with Crippen molar-refractivity contribution in [2.24, 2.45) is 0 Å². The van der Waals surface area contributed by atoms with E-state index in [9.17, 15) is 9.90 Å². The van der Waals surface area contributed by atoms with Gasteiger partial charge < -0.3 is 19.6 Å². The van der Waals surface area contributed by atoms with Gasteiger partial charge in [-0.15, -0.1) is 0 Å². The maximum atomic E-state index is 11.3. The topological polar surface area (TPSA) is 71.6 Å². The Labute approximate surface area is 152 Å². The largest absolute Gasteiger partial charge is 0.493 e. The standard InChI is InChI=1S/C18H16INO4/c1-23-15-6-3-10(7-16(15)24-2)18-13(9-17(21)22)12-8-11(19)4-5-14(12)20-18/h3-8,20H,9H2,1-2H3,(H,21,22). The number of aromatic amines is 1. The van der Waals surface area contributed by atoms with E-state index in [2.05, 4.69) is 27.6 Å². The molecule has 0 atom stereocenters. The van der Waals surface area contributed by atoms with Crippen molar-refractivity contribution < 1.29 is 19.4 Å². The van der Waals surface area contributed by atoms with Gasteiger partial charge in [0.1, 0.15) is 0 Å². The van der Waals surface area contributed by atoms with E-state index in [4.69, 9.17) is 9.47 Å². The number of aromatic nitrogens is 1. The van der Waals surface area contributed by atoms with E-state index in [1.807, 2.05) is 36.4 Å². The van der Waals surface area contributed by atoms with Crippen molar-refractivity contribution >= 4 is 39.5 Å². The van der Waals surface area contributed by atoms with Gasteiger partial charge in [-0.05, 0) is 64.6 Å².